The molecule has 0 heterocycles. The molecule has 5 heteroatoms. The minimum absolute atomic E-state index is 0.0737. The number of hydrogen-bond acceptors (Lipinski definition) is 4. The molecule has 0 saturated carbocycles. The van der Waals surface area contributed by atoms with Gasteiger partial charge in [0.1, 0.15) is 0 Å². The number of allylic oxidation sites excluding steroid dienone is 2. The normalized spacial score (nSPS) is 19.2. The van der Waals surface area contributed by atoms with Gasteiger partial charge in [-0.15, -0.1) is 0 Å². The highest BCUT2D eigenvalue weighted by atomic mass is 35.5. The Kier molecular flexibility index (Phi) is 6.64. The third-order valence-electron chi connectivity index (χ3n) is 5.89. The van der Waals surface area contributed by atoms with Gasteiger partial charge < -0.3 is 20.6 Å². The van der Waals surface area contributed by atoms with E-state index in [0.717, 1.165) is 28.1 Å². The number of halogens is 1. The molecule has 0 fully saturated rings. The number of aliphatic hydroxyl groups is 3. The Bertz CT molecular complexity index is 1160. The lowest BCUT2D eigenvalue weighted by Crippen LogP contribution is -2.15. The summed E-state index contributed by atoms with van der Waals surface area (Å²) in [6.07, 6.45) is -1.44. The molecule has 1 aliphatic rings. The first-order chi connectivity index (χ1) is 14.9. The van der Waals surface area contributed by atoms with Crippen LogP contribution in [0.25, 0.3) is 0 Å². The Hall–Kier alpha value is -2.87. The van der Waals surface area contributed by atoms with Crippen LogP contribution >= 0.6 is 11.6 Å². The molecule has 2 aromatic rings. The molecule has 168 valence electrons. The van der Waals surface area contributed by atoms with Crippen LogP contribution in [-0.2, 0) is 5.41 Å². The number of hydrogen-bond donors (Lipinski definition) is 4. The number of rotatable bonds is 3. The highest BCUT2D eigenvalue weighted by Gasteiger charge is 2.23. The second-order valence-corrected chi connectivity index (χ2v) is 9.70. The summed E-state index contributed by atoms with van der Waals surface area (Å²) in [4.78, 5) is 0. The second kappa shape index (κ2) is 8.94. The third-order valence-corrected chi connectivity index (χ3v) is 6.39. The summed E-state index contributed by atoms with van der Waals surface area (Å²) in [6.45, 7) is 12.0. The monoisotopic (exact) mass is 451 g/mol. The molecular weight excluding hydrogens is 422 g/mol. The molecule has 0 aromatic heterocycles. The molecule has 2 atom stereocenters. The lowest BCUT2D eigenvalue weighted by atomic mass is 9.86. The summed E-state index contributed by atoms with van der Waals surface area (Å²) in [5, 5.41) is 34.3. The van der Waals surface area contributed by atoms with Gasteiger partial charge in [0.05, 0.1) is 16.6 Å². The molecule has 4 N–H and O–H groups in total. The minimum atomic E-state index is -1.44. The molecule has 0 amide bonds. The first-order valence-corrected chi connectivity index (χ1v) is 10.9. The van der Waals surface area contributed by atoms with Crippen molar-refractivity contribution in [1.82, 2.24) is 0 Å². The fraction of sp³-hybridized carbons (Fsp3) is 0.333. The van der Waals surface area contributed by atoms with Gasteiger partial charge in [0.15, 0.2) is 17.6 Å². The summed E-state index contributed by atoms with van der Waals surface area (Å²) in [6, 6.07) is 12.2. The Morgan fingerprint density at radius 2 is 1.59 bits per heavy atom. The van der Waals surface area contributed by atoms with Crippen LogP contribution in [0.4, 0.5) is 11.4 Å². The van der Waals surface area contributed by atoms with Gasteiger partial charge in [-0.1, -0.05) is 62.4 Å². The summed E-state index contributed by atoms with van der Waals surface area (Å²) in [5.41, 5.74) is 6.03. The van der Waals surface area contributed by atoms with E-state index in [0.29, 0.717) is 10.6 Å². The number of nitrogens with one attached hydrogen (secondary N) is 1. The van der Waals surface area contributed by atoms with Gasteiger partial charge in [-0.3, -0.25) is 0 Å². The fourth-order valence-corrected chi connectivity index (χ4v) is 3.82. The standard InChI is InChI=1S/C27H30ClNO3/c1-15-13-18(21-11-12-23(30)26(32)25(31)17(3)16(21)2)14-22(24(15)28)29-20-9-7-19(8-10-20)27(4,5)6/h7-10,13-14,21,23,29-32H,1-6H3. The van der Waals surface area contributed by atoms with E-state index in [2.05, 4.69) is 50.1 Å². The number of anilines is 2. The highest BCUT2D eigenvalue weighted by molar-refractivity contribution is 6.34. The Morgan fingerprint density at radius 1 is 0.969 bits per heavy atom. The summed E-state index contributed by atoms with van der Waals surface area (Å²) in [5.74, 6) is 4.45. The molecule has 2 aromatic carbocycles. The van der Waals surface area contributed by atoms with Gasteiger partial charge in [0, 0.05) is 5.69 Å². The van der Waals surface area contributed by atoms with Gasteiger partial charge >= 0.3 is 0 Å². The van der Waals surface area contributed by atoms with Crippen LogP contribution in [-0.4, -0.2) is 21.4 Å². The quantitative estimate of drug-likeness (QED) is 0.386. The Balaban J connectivity index is 2.03. The Morgan fingerprint density at radius 3 is 2.19 bits per heavy atom. The SMILES string of the molecule is CC1=C(C)C(c2cc(C)c(Cl)c(Nc3ccc(C(C)(C)C)cc3)c2)C#CC(O)C(O)=C1O. The smallest absolute Gasteiger partial charge is 0.176 e. The van der Waals surface area contributed by atoms with Crippen molar-refractivity contribution in [2.24, 2.45) is 0 Å². The average molecular weight is 452 g/mol. The zero-order valence-corrected chi connectivity index (χ0v) is 20.1. The van der Waals surface area contributed by atoms with Crippen molar-refractivity contribution in [3.8, 4) is 11.8 Å². The number of aryl methyl sites for hydroxylation is 1. The van der Waals surface area contributed by atoms with Crippen LogP contribution < -0.4 is 5.32 Å². The van der Waals surface area contributed by atoms with E-state index < -0.39 is 11.9 Å². The van der Waals surface area contributed by atoms with Crippen LogP contribution in [0.1, 0.15) is 57.2 Å². The third kappa shape index (κ3) is 4.80. The average Bonchev–Trinajstić information content (AvgIpc) is 2.74. The van der Waals surface area contributed by atoms with Crippen molar-refractivity contribution >= 4 is 23.0 Å². The maximum absolute atomic E-state index is 10.3. The molecular formula is C27H30ClNO3. The van der Waals surface area contributed by atoms with E-state index in [-0.39, 0.29) is 17.1 Å². The van der Waals surface area contributed by atoms with Crippen molar-refractivity contribution in [3.63, 3.8) is 0 Å². The van der Waals surface area contributed by atoms with E-state index in [1.165, 1.54) is 5.56 Å². The minimum Gasteiger partial charge on any atom is -0.505 e. The first kappa shape index (κ1) is 23.8. The van der Waals surface area contributed by atoms with Crippen molar-refractivity contribution in [1.29, 1.82) is 0 Å². The van der Waals surface area contributed by atoms with Gasteiger partial charge in [0.2, 0.25) is 0 Å². The topological polar surface area (TPSA) is 72.7 Å². The molecule has 4 nitrogen and oxygen atoms in total. The van der Waals surface area contributed by atoms with E-state index >= 15 is 0 Å². The molecule has 3 rings (SSSR count). The van der Waals surface area contributed by atoms with Crippen molar-refractivity contribution in [3.05, 3.63) is 80.8 Å². The number of benzene rings is 2. The van der Waals surface area contributed by atoms with Gasteiger partial charge in [-0.2, -0.15) is 0 Å². The van der Waals surface area contributed by atoms with Gasteiger partial charge in [0.25, 0.3) is 0 Å². The van der Waals surface area contributed by atoms with Crippen LogP contribution in [0.3, 0.4) is 0 Å². The maximum Gasteiger partial charge on any atom is 0.176 e. The Labute approximate surface area is 195 Å². The second-order valence-electron chi connectivity index (χ2n) is 9.32. The van der Waals surface area contributed by atoms with Crippen molar-refractivity contribution in [2.75, 3.05) is 5.32 Å². The molecule has 1 aliphatic carbocycles. The molecule has 32 heavy (non-hydrogen) atoms. The highest BCUT2D eigenvalue weighted by Crippen LogP contribution is 2.37. The first-order valence-electron chi connectivity index (χ1n) is 10.6. The lowest BCUT2D eigenvalue weighted by molar-refractivity contribution is 0.183. The van der Waals surface area contributed by atoms with Crippen LogP contribution in [0.2, 0.25) is 5.02 Å². The molecule has 0 spiro atoms. The largest absolute Gasteiger partial charge is 0.505 e. The molecule has 0 aliphatic heterocycles. The van der Waals surface area contributed by atoms with E-state index in [9.17, 15) is 15.3 Å². The molecule has 2 unspecified atom stereocenters. The predicted molar refractivity (Wildman–Crippen MR) is 132 cm³/mol. The summed E-state index contributed by atoms with van der Waals surface area (Å²) < 4.78 is 0. The van der Waals surface area contributed by atoms with Gasteiger partial charge in [-0.25, -0.2) is 0 Å². The predicted octanol–water partition coefficient (Wildman–Crippen LogP) is 6.82. The molecule has 0 bridgehead atoms. The van der Waals surface area contributed by atoms with Crippen molar-refractivity contribution < 1.29 is 15.3 Å². The molecule has 0 radical (unpaired) electrons. The van der Waals surface area contributed by atoms with Crippen LogP contribution in [0.15, 0.2) is 59.1 Å². The molecule has 0 saturated heterocycles. The number of aliphatic hydroxyl groups excluding tert-OH is 3. The lowest BCUT2D eigenvalue weighted by Gasteiger charge is -2.22. The van der Waals surface area contributed by atoms with E-state index in [1.54, 1.807) is 6.92 Å². The zero-order valence-electron chi connectivity index (χ0n) is 19.3. The van der Waals surface area contributed by atoms with Crippen molar-refractivity contribution in [2.45, 2.75) is 59.0 Å². The van der Waals surface area contributed by atoms with Crippen LogP contribution in [0, 0.1) is 18.8 Å². The summed E-state index contributed by atoms with van der Waals surface area (Å²) >= 11 is 6.62. The van der Waals surface area contributed by atoms with E-state index in [4.69, 9.17) is 11.6 Å². The fourth-order valence-electron chi connectivity index (χ4n) is 3.66. The van der Waals surface area contributed by atoms with E-state index in [1.807, 2.05) is 38.1 Å². The maximum atomic E-state index is 10.3. The van der Waals surface area contributed by atoms with Crippen LogP contribution in [0.5, 0.6) is 0 Å². The van der Waals surface area contributed by atoms with Gasteiger partial charge in [-0.05, 0) is 72.2 Å². The zero-order chi connectivity index (χ0) is 23.8. The summed E-state index contributed by atoms with van der Waals surface area (Å²) in [7, 11) is 0.